The lowest BCUT2D eigenvalue weighted by Gasteiger charge is -2.25. The van der Waals surface area contributed by atoms with E-state index in [4.69, 9.17) is 0 Å². The molecule has 0 heteroatoms. The summed E-state index contributed by atoms with van der Waals surface area (Å²) in [6.07, 6.45) is 0. The maximum atomic E-state index is 2.29. The van der Waals surface area contributed by atoms with Crippen LogP contribution >= 0.6 is 0 Å². The predicted octanol–water partition coefficient (Wildman–Crippen LogP) is 9.97. The average Bonchev–Trinajstić information content (AvgIpc) is 2.82. The van der Waals surface area contributed by atoms with Crippen LogP contribution in [-0.4, -0.2) is 0 Å². The minimum absolute atomic E-state index is 1.44. The van der Waals surface area contributed by atoms with Gasteiger partial charge in [-0.15, -0.1) is 0 Å². The van der Waals surface area contributed by atoms with Gasteiger partial charge in [-0.05, 0) is 211 Å². The molecule has 0 saturated heterocycles. The molecule has 3 aromatic rings. The molecule has 0 bridgehead atoms. The van der Waals surface area contributed by atoms with E-state index in [2.05, 4.69) is 111 Å². The molecule has 0 aliphatic rings. The lowest BCUT2D eigenvalue weighted by Crippen LogP contribution is -2.05. The van der Waals surface area contributed by atoms with Crippen LogP contribution in [0.2, 0.25) is 0 Å². The van der Waals surface area contributed by atoms with Gasteiger partial charge >= 0.3 is 0 Å². The van der Waals surface area contributed by atoms with E-state index in [-0.39, 0.29) is 0 Å². The Kier molecular flexibility index (Phi) is 8.29. The van der Waals surface area contributed by atoms with Gasteiger partial charge in [-0.3, -0.25) is 0 Å². The molecule has 0 amide bonds. The molecule has 0 heterocycles. The molecule has 0 aliphatic carbocycles. The Morgan fingerprint density at radius 3 is 0.353 bits per heavy atom. The van der Waals surface area contributed by atoms with E-state index in [1.807, 2.05) is 0 Å². The van der Waals surface area contributed by atoms with Crippen LogP contribution in [0.1, 0.15) is 89.0 Å². The third-order valence-electron chi connectivity index (χ3n) is 9.62. The highest BCUT2D eigenvalue weighted by Crippen LogP contribution is 2.40. The Balaban J connectivity index is 0.000000287. The van der Waals surface area contributed by atoms with Crippen molar-refractivity contribution < 1.29 is 0 Å². The first-order chi connectivity index (χ1) is 15.6. The van der Waals surface area contributed by atoms with E-state index < -0.39 is 0 Å². The highest BCUT2D eigenvalue weighted by atomic mass is 14.2. The Labute approximate surface area is 210 Å². The lowest BCUT2D eigenvalue weighted by molar-refractivity contribution is 1.13. The molecule has 184 valence electrons. The van der Waals surface area contributed by atoms with Crippen molar-refractivity contribution >= 4 is 0 Å². The summed E-state index contributed by atoms with van der Waals surface area (Å²) < 4.78 is 0. The van der Waals surface area contributed by atoms with E-state index >= 15 is 0 Å². The Hall–Kier alpha value is -2.34. The second-order valence-corrected chi connectivity index (χ2v) is 10.8. The minimum atomic E-state index is 1.44. The summed E-state index contributed by atoms with van der Waals surface area (Å²) in [5, 5.41) is 0. The van der Waals surface area contributed by atoms with Gasteiger partial charge < -0.3 is 0 Å². The van der Waals surface area contributed by atoms with Gasteiger partial charge in [-0.2, -0.15) is 0 Å². The fourth-order valence-electron chi connectivity index (χ4n) is 5.44. The SMILES string of the molecule is Cc1c(C)c(C)c(-c2c(C)c(C)c(C)c(C)c2C)c(C)c1C.Cc1c(C)c(C)c(C)c(C)c1C. The molecule has 0 N–H and O–H groups in total. The molecule has 0 spiro atoms. The minimum Gasteiger partial charge on any atom is -0.0447 e. The fraction of sp³-hybridized carbons (Fsp3) is 0.471. The zero-order valence-corrected chi connectivity index (χ0v) is 25.0. The maximum Gasteiger partial charge on any atom is -0.0114 e. The summed E-state index contributed by atoms with van der Waals surface area (Å²) in [6, 6.07) is 0. The van der Waals surface area contributed by atoms with Gasteiger partial charge in [0.25, 0.3) is 0 Å². The first kappa shape index (κ1) is 27.9. The fourth-order valence-corrected chi connectivity index (χ4v) is 5.44. The zero-order valence-electron chi connectivity index (χ0n) is 25.0. The van der Waals surface area contributed by atoms with Crippen molar-refractivity contribution in [3.05, 3.63) is 89.0 Å². The van der Waals surface area contributed by atoms with Crippen LogP contribution in [0.4, 0.5) is 0 Å². The molecule has 34 heavy (non-hydrogen) atoms. The van der Waals surface area contributed by atoms with E-state index in [0.717, 1.165) is 0 Å². The second kappa shape index (κ2) is 10.1. The molecule has 0 saturated carbocycles. The molecule has 0 unspecified atom stereocenters. The van der Waals surface area contributed by atoms with E-state index in [1.165, 1.54) is 100 Å². The van der Waals surface area contributed by atoms with Crippen LogP contribution in [0, 0.1) is 111 Å². The quantitative estimate of drug-likeness (QED) is 0.342. The highest BCUT2D eigenvalue weighted by Gasteiger charge is 2.20. The van der Waals surface area contributed by atoms with E-state index in [0.29, 0.717) is 0 Å². The van der Waals surface area contributed by atoms with Gasteiger partial charge in [0.2, 0.25) is 0 Å². The Morgan fingerprint density at radius 1 is 0.147 bits per heavy atom. The molecular formula is C34H48. The van der Waals surface area contributed by atoms with Crippen molar-refractivity contribution in [3.8, 4) is 11.1 Å². The number of rotatable bonds is 1. The average molecular weight is 457 g/mol. The summed E-state index contributed by atoms with van der Waals surface area (Å²) in [7, 11) is 0. The largest absolute Gasteiger partial charge is 0.0447 e. The van der Waals surface area contributed by atoms with Crippen molar-refractivity contribution in [2.24, 2.45) is 0 Å². The molecule has 0 radical (unpaired) electrons. The summed E-state index contributed by atoms with van der Waals surface area (Å²) >= 11 is 0. The van der Waals surface area contributed by atoms with Gasteiger partial charge in [0.05, 0.1) is 0 Å². The standard InChI is InChI=1S/C22H30.C12H18/c1-11-13(3)17(7)21(18(8)14(11)4)22-19(9)15(5)12(2)16(6)20(22)10;1-7-8(2)10(4)12(6)11(5)9(7)3/h1-10H3;1-6H3. The van der Waals surface area contributed by atoms with Gasteiger partial charge in [-0.1, -0.05) is 0 Å². The van der Waals surface area contributed by atoms with Crippen LogP contribution in [0.3, 0.4) is 0 Å². The molecule has 0 fully saturated rings. The zero-order chi connectivity index (χ0) is 26.4. The molecular weight excluding hydrogens is 408 g/mol. The smallest absolute Gasteiger partial charge is 0.0114 e. The van der Waals surface area contributed by atoms with Crippen molar-refractivity contribution in [1.82, 2.24) is 0 Å². The molecule has 3 rings (SSSR count). The van der Waals surface area contributed by atoms with Crippen LogP contribution in [0.25, 0.3) is 11.1 Å². The third-order valence-corrected chi connectivity index (χ3v) is 9.62. The summed E-state index contributed by atoms with van der Waals surface area (Å²) in [5.41, 5.74) is 26.0. The first-order valence-corrected chi connectivity index (χ1v) is 12.8. The van der Waals surface area contributed by atoms with E-state index in [9.17, 15) is 0 Å². The Bertz CT molecular complexity index is 1050. The molecule has 0 aliphatic heterocycles. The summed E-state index contributed by atoms with van der Waals surface area (Å²) in [4.78, 5) is 0. The van der Waals surface area contributed by atoms with Crippen molar-refractivity contribution in [2.75, 3.05) is 0 Å². The van der Waals surface area contributed by atoms with E-state index in [1.54, 1.807) is 0 Å². The highest BCUT2D eigenvalue weighted by molar-refractivity contribution is 5.81. The van der Waals surface area contributed by atoms with Crippen molar-refractivity contribution in [2.45, 2.75) is 111 Å². The van der Waals surface area contributed by atoms with Crippen molar-refractivity contribution in [3.63, 3.8) is 0 Å². The predicted molar refractivity (Wildman–Crippen MR) is 154 cm³/mol. The third kappa shape index (κ3) is 4.49. The van der Waals surface area contributed by atoms with Crippen LogP contribution in [0.15, 0.2) is 0 Å². The first-order valence-electron chi connectivity index (χ1n) is 12.8. The van der Waals surface area contributed by atoms with Gasteiger partial charge in [0, 0.05) is 0 Å². The topological polar surface area (TPSA) is 0 Å². The van der Waals surface area contributed by atoms with Crippen LogP contribution < -0.4 is 0 Å². The van der Waals surface area contributed by atoms with Crippen molar-refractivity contribution in [1.29, 1.82) is 0 Å². The summed E-state index contributed by atoms with van der Waals surface area (Å²) in [5.74, 6) is 0. The van der Waals surface area contributed by atoms with Gasteiger partial charge in [0.15, 0.2) is 0 Å². The molecule has 0 aromatic heterocycles. The number of hydrogen-bond donors (Lipinski definition) is 0. The molecule has 3 aromatic carbocycles. The molecule has 0 atom stereocenters. The number of benzene rings is 3. The number of hydrogen-bond acceptors (Lipinski definition) is 0. The van der Waals surface area contributed by atoms with Crippen LogP contribution in [0.5, 0.6) is 0 Å². The van der Waals surface area contributed by atoms with Gasteiger partial charge in [-0.25, -0.2) is 0 Å². The Morgan fingerprint density at radius 2 is 0.235 bits per heavy atom. The second-order valence-electron chi connectivity index (χ2n) is 10.8. The monoisotopic (exact) mass is 456 g/mol. The molecule has 0 nitrogen and oxygen atoms in total. The lowest BCUT2D eigenvalue weighted by atomic mass is 9.80. The maximum absolute atomic E-state index is 2.29. The normalized spacial score (nSPS) is 10.9. The van der Waals surface area contributed by atoms with Gasteiger partial charge in [0.1, 0.15) is 0 Å². The van der Waals surface area contributed by atoms with Crippen LogP contribution in [-0.2, 0) is 0 Å². The summed E-state index contributed by atoms with van der Waals surface area (Å²) in [6.45, 7) is 36.0.